The van der Waals surface area contributed by atoms with E-state index in [-0.39, 0.29) is 0 Å². The van der Waals surface area contributed by atoms with Crippen molar-refractivity contribution >= 4 is 16.9 Å². The molecule has 0 spiro atoms. The Morgan fingerprint density at radius 3 is 2.12 bits per heavy atom. The quantitative estimate of drug-likeness (QED) is 0.225. The number of hydrogen-bond donors (Lipinski definition) is 2. The molecule has 2 heteroatoms. The first-order chi connectivity index (χ1) is 20.2. The Kier molecular flexibility index (Phi) is 6.41. The second kappa shape index (κ2) is 10.4. The number of anilines is 2. The van der Waals surface area contributed by atoms with Crippen LogP contribution < -0.4 is 11.1 Å². The maximum absolute atomic E-state index is 6.00. The van der Waals surface area contributed by atoms with Crippen LogP contribution in [0.25, 0.3) is 16.7 Å². The molecule has 1 unspecified atom stereocenters. The fourth-order valence-corrected chi connectivity index (χ4v) is 6.83. The number of benzene rings is 5. The van der Waals surface area contributed by atoms with Crippen LogP contribution >= 0.6 is 0 Å². The molecule has 1 atom stereocenters. The van der Waals surface area contributed by atoms with E-state index in [4.69, 9.17) is 5.73 Å². The van der Waals surface area contributed by atoms with Crippen LogP contribution in [-0.2, 0) is 12.0 Å². The number of rotatable bonds is 6. The van der Waals surface area contributed by atoms with Gasteiger partial charge in [-0.15, -0.1) is 0 Å². The topological polar surface area (TPSA) is 38.0 Å². The Bertz CT molecular complexity index is 1740. The average Bonchev–Trinajstić information content (AvgIpc) is 3.32. The van der Waals surface area contributed by atoms with Gasteiger partial charge in [0.2, 0.25) is 0 Å². The molecule has 200 valence electrons. The number of nitrogens with one attached hydrogen (secondary N) is 1. The summed E-state index contributed by atoms with van der Waals surface area (Å²) in [6.45, 7) is 2.81. The normalized spacial score (nSPS) is 16.5. The fraction of sp³-hybridized carbons (Fsp3) is 0.128. The molecule has 5 aromatic carbocycles. The molecule has 0 fully saturated rings. The molecule has 0 heterocycles. The SMILES string of the molecule is CC1C=CC=C(c2cc3c(cc2Nc2cccc(CN)c2)-c2ccccc2C3(c2ccccc2)c2ccccc2)C1. The Balaban J connectivity index is 1.54. The molecular weight excluding hydrogens is 496 g/mol. The lowest BCUT2D eigenvalue weighted by Crippen LogP contribution is -2.28. The molecule has 2 nitrogen and oxygen atoms in total. The maximum Gasteiger partial charge on any atom is 0.0713 e. The van der Waals surface area contributed by atoms with Gasteiger partial charge in [0.15, 0.2) is 0 Å². The van der Waals surface area contributed by atoms with E-state index >= 15 is 0 Å². The number of allylic oxidation sites excluding steroid dienone is 4. The standard InChI is InChI=1S/C39H34N2/c1-27-12-10-14-29(22-27)34-24-37-35(25-38(34)41-32-19-11-13-28(23-32)26-40)33-20-8-9-21-36(33)39(37,30-15-4-2-5-16-30)31-17-6-3-7-18-31/h2-21,23-25,27,41H,22,26,40H2,1H3. The van der Waals surface area contributed by atoms with Crippen LogP contribution in [0.3, 0.4) is 0 Å². The van der Waals surface area contributed by atoms with E-state index in [1.807, 2.05) is 0 Å². The summed E-state index contributed by atoms with van der Waals surface area (Å²) >= 11 is 0. The van der Waals surface area contributed by atoms with Crippen molar-refractivity contribution in [3.8, 4) is 11.1 Å². The summed E-state index contributed by atoms with van der Waals surface area (Å²) in [7, 11) is 0. The lowest BCUT2D eigenvalue weighted by atomic mass is 9.67. The van der Waals surface area contributed by atoms with Crippen LogP contribution in [0.15, 0.2) is 140 Å². The zero-order valence-corrected chi connectivity index (χ0v) is 23.3. The third kappa shape index (κ3) is 4.23. The molecular formula is C39H34N2. The minimum atomic E-state index is -0.419. The van der Waals surface area contributed by atoms with Gasteiger partial charge in [0.1, 0.15) is 0 Å². The third-order valence-electron chi connectivity index (χ3n) is 8.66. The van der Waals surface area contributed by atoms with Gasteiger partial charge in [-0.1, -0.05) is 122 Å². The molecule has 5 aromatic rings. The van der Waals surface area contributed by atoms with Gasteiger partial charge in [-0.25, -0.2) is 0 Å². The van der Waals surface area contributed by atoms with Gasteiger partial charge in [0.05, 0.1) is 5.41 Å². The maximum atomic E-state index is 6.00. The molecule has 0 saturated carbocycles. The summed E-state index contributed by atoms with van der Waals surface area (Å²) in [5.74, 6) is 0.488. The minimum Gasteiger partial charge on any atom is -0.355 e. The highest BCUT2D eigenvalue weighted by molar-refractivity contribution is 5.93. The van der Waals surface area contributed by atoms with E-state index in [2.05, 4.69) is 152 Å². The monoisotopic (exact) mass is 530 g/mol. The van der Waals surface area contributed by atoms with Crippen molar-refractivity contribution in [2.45, 2.75) is 25.3 Å². The predicted octanol–water partition coefficient (Wildman–Crippen LogP) is 9.23. The van der Waals surface area contributed by atoms with Gasteiger partial charge in [-0.05, 0) is 81.1 Å². The van der Waals surface area contributed by atoms with Crippen molar-refractivity contribution in [1.82, 2.24) is 0 Å². The highest BCUT2D eigenvalue weighted by Gasteiger charge is 2.46. The largest absolute Gasteiger partial charge is 0.355 e. The third-order valence-corrected chi connectivity index (χ3v) is 8.66. The van der Waals surface area contributed by atoms with Gasteiger partial charge < -0.3 is 11.1 Å². The van der Waals surface area contributed by atoms with Crippen molar-refractivity contribution in [3.63, 3.8) is 0 Å². The zero-order valence-electron chi connectivity index (χ0n) is 23.3. The van der Waals surface area contributed by atoms with E-state index in [0.717, 1.165) is 23.4 Å². The van der Waals surface area contributed by atoms with Crippen LogP contribution in [0.2, 0.25) is 0 Å². The van der Waals surface area contributed by atoms with Gasteiger partial charge >= 0.3 is 0 Å². The first-order valence-electron chi connectivity index (χ1n) is 14.5. The molecule has 3 N–H and O–H groups in total. The molecule has 0 bridgehead atoms. The minimum absolute atomic E-state index is 0.419. The summed E-state index contributed by atoms with van der Waals surface area (Å²) in [5.41, 5.74) is 19.3. The average molecular weight is 531 g/mol. The molecule has 0 aromatic heterocycles. The van der Waals surface area contributed by atoms with Crippen LogP contribution in [0.1, 0.15) is 46.7 Å². The van der Waals surface area contributed by atoms with Gasteiger partial charge in [-0.3, -0.25) is 0 Å². The molecule has 0 amide bonds. The number of nitrogens with two attached hydrogens (primary N) is 1. The Labute approximate surface area is 242 Å². The summed E-state index contributed by atoms with van der Waals surface area (Å²) in [6, 6.07) is 44.3. The first-order valence-corrected chi connectivity index (χ1v) is 14.5. The van der Waals surface area contributed by atoms with Gasteiger partial charge in [0.25, 0.3) is 0 Å². The van der Waals surface area contributed by atoms with E-state index in [1.165, 1.54) is 44.5 Å². The molecule has 0 radical (unpaired) electrons. The fourth-order valence-electron chi connectivity index (χ4n) is 6.83. The Hall–Kier alpha value is -4.66. The summed E-state index contributed by atoms with van der Waals surface area (Å²) in [5, 5.41) is 3.81. The van der Waals surface area contributed by atoms with E-state index in [1.54, 1.807) is 0 Å². The number of hydrogen-bond acceptors (Lipinski definition) is 2. The summed E-state index contributed by atoms with van der Waals surface area (Å²) < 4.78 is 0. The van der Waals surface area contributed by atoms with E-state index in [0.29, 0.717) is 12.5 Å². The highest BCUT2D eigenvalue weighted by atomic mass is 14.9. The molecule has 2 aliphatic rings. The molecule has 0 saturated heterocycles. The highest BCUT2D eigenvalue weighted by Crippen LogP contribution is 2.57. The van der Waals surface area contributed by atoms with Crippen LogP contribution in [-0.4, -0.2) is 0 Å². The second-order valence-electron chi connectivity index (χ2n) is 11.3. The van der Waals surface area contributed by atoms with E-state index < -0.39 is 5.41 Å². The molecule has 7 rings (SSSR count). The zero-order chi connectivity index (χ0) is 27.8. The molecule has 2 aliphatic carbocycles. The first kappa shape index (κ1) is 25.3. The van der Waals surface area contributed by atoms with Crippen molar-refractivity contribution in [3.05, 3.63) is 173 Å². The second-order valence-corrected chi connectivity index (χ2v) is 11.3. The van der Waals surface area contributed by atoms with Gasteiger partial charge in [-0.2, -0.15) is 0 Å². The summed E-state index contributed by atoms with van der Waals surface area (Å²) in [6.07, 6.45) is 7.80. The van der Waals surface area contributed by atoms with E-state index in [9.17, 15) is 0 Å². The molecule has 0 aliphatic heterocycles. The number of fused-ring (bicyclic) bond motifs is 3. The Morgan fingerprint density at radius 2 is 1.41 bits per heavy atom. The van der Waals surface area contributed by atoms with Crippen LogP contribution in [0.4, 0.5) is 11.4 Å². The molecule has 41 heavy (non-hydrogen) atoms. The van der Waals surface area contributed by atoms with Crippen LogP contribution in [0, 0.1) is 5.92 Å². The Morgan fingerprint density at radius 1 is 0.707 bits per heavy atom. The van der Waals surface area contributed by atoms with Crippen molar-refractivity contribution in [2.24, 2.45) is 11.7 Å². The lowest BCUT2D eigenvalue weighted by Gasteiger charge is -2.34. The lowest BCUT2D eigenvalue weighted by molar-refractivity contribution is 0.747. The van der Waals surface area contributed by atoms with Crippen LogP contribution in [0.5, 0.6) is 0 Å². The summed E-state index contributed by atoms with van der Waals surface area (Å²) in [4.78, 5) is 0. The van der Waals surface area contributed by atoms with Crippen molar-refractivity contribution in [1.29, 1.82) is 0 Å². The van der Waals surface area contributed by atoms with Crippen molar-refractivity contribution < 1.29 is 0 Å². The van der Waals surface area contributed by atoms with Crippen molar-refractivity contribution in [2.75, 3.05) is 5.32 Å². The predicted molar refractivity (Wildman–Crippen MR) is 172 cm³/mol. The smallest absolute Gasteiger partial charge is 0.0713 e. The van der Waals surface area contributed by atoms with Gasteiger partial charge in [0, 0.05) is 23.5 Å².